The molecule has 0 radical (unpaired) electrons. The summed E-state index contributed by atoms with van der Waals surface area (Å²) in [5.41, 5.74) is 11.7. The number of rotatable bonds is 6. The molecule has 1 aliphatic rings. The summed E-state index contributed by atoms with van der Waals surface area (Å²) < 4.78 is 0. The standard InChI is InChI=1S/C24H23Cl2N3O/c25-21-6-2-5-20(23(21)26)15-29-12-9-16-7-8-18(14-22(16)29)17-3-1-4-19(13-17)24(30)28-11-10-27/h1-8,13-14H,9-12,15,27H2,(H,28,30). The minimum atomic E-state index is -0.110. The van der Waals surface area contributed by atoms with E-state index in [0.717, 1.165) is 29.7 Å². The van der Waals surface area contributed by atoms with Crippen LogP contribution in [-0.4, -0.2) is 25.5 Å². The molecule has 1 amide bonds. The number of benzene rings is 3. The number of nitrogens with zero attached hydrogens (tertiary/aromatic N) is 1. The van der Waals surface area contributed by atoms with E-state index in [1.54, 1.807) is 6.07 Å². The Morgan fingerprint density at radius 1 is 1.03 bits per heavy atom. The molecule has 0 aliphatic carbocycles. The number of anilines is 1. The van der Waals surface area contributed by atoms with Crippen LogP contribution in [0.2, 0.25) is 10.0 Å². The van der Waals surface area contributed by atoms with Crippen LogP contribution in [0.3, 0.4) is 0 Å². The predicted molar refractivity (Wildman–Crippen MR) is 124 cm³/mol. The van der Waals surface area contributed by atoms with Crippen LogP contribution in [0, 0.1) is 0 Å². The van der Waals surface area contributed by atoms with Gasteiger partial charge in [-0.1, -0.05) is 59.6 Å². The molecule has 0 bridgehead atoms. The Bertz CT molecular complexity index is 1080. The number of nitrogens with two attached hydrogens (primary N) is 1. The fourth-order valence-corrected chi connectivity index (χ4v) is 4.17. The molecule has 3 aromatic carbocycles. The monoisotopic (exact) mass is 439 g/mol. The van der Waals surface area contributed by atoms with Gasteiger partial charge in [0.05, 0.1) is 10.0 Å². The molecular weight excluding hydrogens is 417 g/mol. The molecule has 0 aromatic heterocycles. The number of amides is 1. The molecule has 0 spiro atoms. The van der Waals surface area contributed by atoms with Gasteiger partial charge >= 0.3 is 0 Å². The Kier molecular flexibility index (Phi) is 6.28. The summed E-state index contributed by atoms with van der Waals surface area (Å²) in [5, 5.41) is 4.00. The van der Waals surface area contributed by atoms with Crippen molar-refractivity contribution >= 4 is 34.8 Å². The van der Waals surface area contributed by atoms with Crippen LogP contribution in [0.4, 0.5) is 5.69 Å². The van der Waals surface area contributed by atoms with Crippen molar-refractivity contribution in [1.29, 1.82) is 0 Å². The zero-order valence-electron chi connectivity index (χ0n) is 16.5. The lowest BCUT2D eigenvalue weighted by molar-refractivity contribution is 0.0955. The van der Waals surface area contributed by atoms with Gasteiger partial charge in [-0.05, 0) is 52.9 Å². The second-order valence-corrected chi connectivity index (χ2v) is 8.14. The van der Waals surface area contributed by atoms with E-state index in [1.165, 1.54) is 11.3 Å². The van der Waals surface area contributed by atoms with Gasteiger partial charge in [-0.15, -0.1) is 0 Å². The average molecular weight is 440 g/mol. The Morgan fingerprint density at radius 2 is 1.83 bits per heavy atom. The van der Waals surface area contributed by atoms with Crippen molar-refractivity contribution in [3.63, 3.8) is 0 Å². The summed E-state index contributed by atoms with van der Waals surface area (Å²) in [6.45, 7) is 2.52. The highest BCUT2D eigenvalue weighted by atomic mass is 35.5. The molecule has 6 heteroatoms. The molecule has 1 heterocycles. The maximum absolute atomic E-state index is 12.3. The first-order valence-electron chi connectivity index (χ1n) is 9.96. The molecule has 4 nitrogen and oxygen atoms in total. The summed E-state index contributed by atoms with van der Waals surface area (Å²) in [6.07, 6.45) is 0.995. The molecule has 0 saturated heterocycles. The third-order valence-electron chi connectivity index (χ3n) is 5.36. The lowest BCUT2D eigenvalue weighted by atomic mass is 10.00. The smallest absolute Gasteiger partial charge is 0.251 e. The van der Waals surface area contributed by atoms with Crippen molar-refractivity contribution < 1.29 is 4.79 Å². The van der Waals surface area contributed by atoms with Crippen molar-refractivity contribution in [2.45, 2.75) is 13.0 Å². The first kappa shape index (κ1) is 20.7. The first-order valence-corrected chi connectivity index (χ1v) is 10.7. The fourth-order valence-electron chi connectivity index (χ4n) is 3.79. The van der Waals surface area contributed by atoms with Gasteiger partial charge in [-0.2, -0.15) is 0 Å². The van der Waals surface area contributed by atoms with Crippen LogP contribution in [0.25, 0.3) is 11.1 Å². The molecule has 4 rings (SSSR count). The zero-order valence-corrected chi connectivity index (χ0v) is 18.0. The van der Waals surface area contributed by atoms with E-state index in [-0.39, 0.29) is 5.91 Å². The van der Waals surface area contributed by atoms with Gasteiger partial charge in [-0.3, -0.25) is 4.79 Å². The summed E-state index contributed by atoms with van der Waals surface area (Å²) in [6, 6.07) is 19.9. The van der Waals surface area contributed by atoms with Gasteiger partial charge in [0.1, 0.15) is 0 Å². The zero-order chi connectivity index (χ0) is 21.1. The second kappa shape index (κ2) is 9.09. The van der Waals surface area contributed by atoms with Gasteiger partial charge in [0, 0.05) is 37.4 Å². The average Bonchev–Trinajstić information content (AvgIpc) is 3.17. The van der Waals surface area contributed by atoms with E-state index >= 15 is 0 Å². The molecule has 0 fully saturated rings. The van der Waals surface area contributed by atoms with Crippen LogP contribution < -0.4 is 16.0 Å². The highest BCUT2D eigenvalue weighted by Crippen LogP contribution is 2.35. The Morgan fingerprint density at radius 3 is 2.67 bits per heavy atom. The van der Waals surface area contributed by atoms with E-state index < -0.39 is 0 Å². The van der Waals surface area contributed by atoms with Crippen molar-refractivity contribution in [3.8, 4) is 11.1 Å². The number of carbonyl (C=O) groups is 1. The van der Waals surface area contributed by atoms with Gasteiger partial charge in [0.25, 0.3) is 5.91 Å². The highest BCUT2D eigenvalue weighted by molar-refractivity contribution is 6.42. The maximum Gasteiger partial charge on any atom is 0.251 e. The summed E-state index contributed by atoms with van der Waals surface area (Å²) in [7, 11) is 0. The molecule has 1 aliphatic heterocycles. The molecule has 30 heavy (non-hydrogen) atoms. The molecular formula is C24H23Cl2N3O. The largest absolute Gasteiger partial charge is 0.367 e. The van der Waals surface area contributed by atoms with Gasteiger partial charge in [-0.25, -0.2) is 0 Å². The summed E-state index contributed by atoms with van der Waals surface area (Å²) in [4.78, 5) is 14.6. The molecule has 3 aromatic rings. The number of hydrogen-bond acceptors (Lipinski definition) is 3. The number of nitrogens with one attached hydrogen (secondary N) is 1. The number of fused-ring (bicyclic) bond motifs is 1. The van der Waals surface area contributed by atoms with Gasteiger partial charge in [0.2, 0.25) is 0 Å². The number of carbonyl (C=O) groups excluding carboxylic acids is 1. The van der Waals surface area contributed by atoms with Crippen molar-refractivity contribution in [2.24, 2.45) is 5.73 Å². The topological polar surface area (TPSA) is 58.4 Å². The van der Waals surface area contributed by atoms with Gasteiger partial charge in [0.15, 0.2) is 0 Å². The van der Waals surface area contributed by atoms with Crippen LogP contribution in [0.15, 0.2) is 60.7 Å². The Balaban J connectivity index is 1.61. The number of halogens is 2. The third kappa shape index (κ3) is 4.31. The SMILES string of the molecule is NCCNC(=O)c1cccc(-c2ccc3c(c2)N(Cc2cccc(Cl)c2Cl)CC3)c1. The normalized spacial score (nSPS) is 12.7. The minimum Gasteiger partial charge on any atom is -0.367 e. The lowest BCUT2D eigenvalue weighted by Gasteiger charge is -2.21. The summed E-state index contributed by atoms with van der Waals surface area (Å²) >= 11 is 12.6. The van der Waals surface area contributed by atoms with Crippen molar-refractivity contribution in [3.05, 3.63) is 87.4 Å². The van der Waals surface area contributed by atoms with Crippen molar-refractivity contribution in [2.75, 3.05) is 24.5 Å². The quantitative estimate of drug-likeness (QED) is 0.573. The molecule has 0 atom stereocenters. The van der Waals surface area contributed by atoms with E-state index in [9.17, 15) is 4.79 Å². The summed E-state index contributed by atoms with van der Waals surface area (Å²) in [5.74, 6) is -0.110. The van der Waals surface area contributed by atoms with Crippen molar-refractivity contribution in [1.82, 2.24) is 5.32 Å². The molecule has 3 N–H and O–H groups in total. The van der Waals surface area contributed by atoms with Crippen LogP contribution in [0.1, 0.15) is 21.5 Å². The number of hydrogen-bond donors (Lipinski definition) is 2. The van der Waals surface area contributed by atoms with Gasteiger partial charge < -0.3 is 16.0 Å². The molecule has 154 valence electrons. The fraction of sp³-hybridized carbons (Fsp3) is 0.208. The molecule has 0 saturated carbocycles. The second-order valence-electron chi connectivity index (χ2n) is 7.35. The van der Waals surface area contributed by atoms with E-state index in [4.69, 9.17) is 28.9 Å². The highest BCUT2D eigenvalue weighted by Gasteiger charge is 2.21. The lowest BCUT2D eigenvalue weighted by Crippen LogP contribution is -2.28. The van der Waals surface area contributed by atoms with E-state index in [2.05, 4.69) is 28.4 Å². The third-order valence-corrected chi connectivity index (χ3v) is 6.22. The Hall–Kier alpha value is -2.53. The van der Waals surface area contributed by atoms with Crippen LogP contribution in [-0.2, 0) is 13.0 Å². The molecule has 0 unspecified atom stereocenters. The predicted octanol–water partition coefficient (Wildman–Crippen LogP) is 4.91. The van der Waals surface area contributed by atoms with E-state index in [1.807, 2.05) is 36.4 Å². The maximum atomic E-state index is 12.3. The van der Waals surface area contributed by atoms with Crippen LogP contribution >= 0.6 is 23.2 Å². The Labute approximate surface area is 186 Å². The minimum absolute atomic E-state index is 0.110. The van der Waals surface area contributed by atoms with Crippen LogP contribution in [0.5, 0.6) is 0 Å². The van der Waals surface area contributed by atoms with E-state index in [0.29, 0.717) is 35.2 Å². The first-order chi connectivity index (χ1) is 14.6.